The molecule has 1 aliphatic heterocycles. The number of likely N-dealkylation sites (tertiary alicyclic amines) is 1. The number of benzene rings is 1. The quantitative estimate of drug-likeness (QED) is 0.796. The van der Waals surface area contributed by atoms with Gasteiger partial charge in [-0.1, -0.05) is 12.1 Å². The lowest BCUT2D eigenvalue weighted by atomic mass is 9.97. The van der Waals surface area contributed by atoms with E-state index in [2.05, 4.69) is 13.8 Å². The Morgan fingerprint density at radius 2 is 1.96 bits per heavy atom. The fourth-order valence-electron chi connectivity index (χ4n) is 3.66. The first-order valence-electron chi connectivity index (χ1n) is 8.89. The average Bonchev–Trinajstić information content (AvgIpc) is 2.94. The minimum Gasteiger partial charge on any atom is -0.464 e. The second-order valence-corrected chi connectivity index (χ2v) is 7.03. The van der Waals surface area contributed by atoms with Gasteiger partial charge in [-0.3, -0.25) is 9.59 Å². The van der Waals surface area contributed by atoms with E-state index in [-0.39, 0.29) is 31.0 Å². The number of carbonyl (C=O) groups is 2. The van der Waals surface area contributed by atoms with Crippen LogP contribution in [0, 0.1) is 6.92 Å². The lowest BCUT2D eigenvalue weighted by Crippen LogP contribution is -2.49. The van der Waals surface area contributed by atoms with E-state index in [0.29, 0.717) is 0 Å². The van der Waals surface area contributed by atoms with Gasteiger partial charge in [-0.05, 0) is 51.7 Å². The predicted molar refractivity (Wildman–Crippen MR) is 95.2 cm³/mol. The molecule has 3 rings (SSSR count). The van der Waals surface area contributed by atoms with Gasteiger partial charge in [0.1, 0.15) is 5.58 Å². The van der Waals surface area contributed by atoms with Gasteiger partial charge in [0.2, 0.25) is 0 Å². The number of furan rings is 1. The Morgan fingerprint density at radius 3 is 2.68 bits per heavy atom. The van der Waals surface area contributed by atoms with Gasteiger partial charge in [-0.25, -0.2) is 0 Å². The van der Waals surface area contributed by atoms with Gasteiger partial charge in [0, 0.05) is 23.0 Å². The van der Waals surface area contributed by atoms with Crippen molar-refractivity contribution < 1.29 is 18.7 Å². The Morgan fingerprint density at radius 1 is 1.24 bits per heavy atom. The minimum atomic E-state index is -0.408. The maximum Gasteiger partial charge on any atom is 0.310 e. The van der Waals surface area contributed by atoms with Crippen molar-refractivity contribution >= 4 is 22.8 Å². The van der Waals surface area contributed by atoms with E-state index in [1.165, 1.54) is 0 Å². The third kappa shape index (κ3) is 3.86. The van der Waals surface area contributed by atoms with Crippen LogP contribution in [-0.4, -0.2) is 35.5 Å². The summed E-state index contributed by atoms with van der Waals surface area (Å²) in [4.78, 5) is 26.4. The zero-order chi connectivity index (χ0) is 18.0. The van der Waals surface area contributed by atoms with Crippen LogP contribution >= 0.6 is 0 Å². The maximum absolute atomic E-state index is 12.4. The Bertz CT molecular complexity index is 769. The number of aryl methyl sites for hydroxylation is 1. The fraction of sp³-hybridized carbons (Fsp3) is 0.500. The number of amides is 1. The predicted octanol–water partition coefficient (Wildman–Crippen LogP) is 3.62. The van der Waals surface area contributed by atoms with E-state index in [9.17, 15) is 9.59 Å². The standard InChI is InChI=1S/C20H25NO4/c1-13-7-8-17-16(11-24-18(17)9-13)10-20(23)25-12-19(22)21-14(2)5-4-6-15(21)3/h7-9,11,14-15H,4-6,10,12H2,1-3H3/t14-,15+. The summed E-state index contributed by atoms with van der Waals surface area (Å²) in [5.74, 6) is -0.519. The maximum atomic E-state index is 12.4. The zero-order valence-corrected chi connectivity index (χ0v) is 15.1. The molecule has 1 aliphatic rings. The van der Waals surface area contributed by atoms with Crippen LogP contribution in [0.5, 0.6) is 0 Å². The summed E-state index contributed by atoms with van der Waals surface area (Å²) in [6, 6.07) is 6.27. The fourth-order valence-corrected chi connectivity index (χ4v) is 3.66. The van der Waals surface area contributed by atoms with Crippen LogP contribution in [0.25, 0.3) is 11.0 Å². The molecule has 1 saturated heterocycles. The van der Waals surface area contributed by atoms with Gasteiger partial charge in [0.15, 0.2) is 6.61 Å². The van der Waals surface area contributed by atoms with Crippen LogP contribution in [0.4, 0.5) is 0 Å². The van der Waals surface area contributed by atoms with Gasteiger partial charge in [-0.15, -0.1) is 0 Å². The Labute approximate surface area is 147 Å². The molecular weight excluding hydrogens is 318 g/mol. The number of piperidine rings is 1. The van der Waals surface area contributed by atoms with Crippen LogP contribution in [-0.2, 0) is 20.7 Å². The van der Waals surface area contributed by atoms with Crippen molar-refractivity contribution in [1.29, 1.82) is 0 Å². The number of rotatable bonds is 4. The molecule has 0 saturated carbocycles. The summed E-state index contributed by atoms with van der Waals surface area (Å²) < 4.78 is 10.7. The van der Waals surface area contributed by atoms with Crippen molar-refractivity contribution in [2.45, 2.75) is 58.5 Å². The Kier molecular flexibility index (Phi) is 5.11. The number of esters is 1. The van der Waals surface area contributed by atoms with E-state index in [1.54, 1.807) is 6.26 Å². The van der Waals surface area contributed by atoms with E-state index < -0.39 is 5.97 Å². The first-order chi connectivity index (χ1) is 12.0. The highest BCUT2D eigenvalue weighted by atomic mass is 16.5. The van der Waals surface area contributed by atoms with Crippen LogP contribution in [0.1, 0.15) is 44.2 Å². The number of fused-ring (bicyclic) bond motifs is 1. The van der Waals surface area contributed by atoms with Gasteiger partial charge in [-0.2, -0.15) is 0 Å². The third-order valence-corrected chi connectivity index (χ3v) is 4.98. The molecule has 1 fully saturated rings. The molecule has 5 nitrogen and oxygen atoms in total. The largest absolute Gasteiger partial charge is 0.464 e. The number of hydrogen-bond acceptors (Lipinski definition) is 4. The molecule has 25 heavy (non-hydrogen) atoms. The van der Waals surface area contributed by atoms with Gasteiger partial charge >= 0.3 is 5.97 Å². The lowest BCUT2D eigenvalue weighted by Gasteiger charge is -2.38. The molecule has 1 aromatic carbocycles. The highest BCUT2D eigenvalue weighted by Crippen LogP contribution is 2.24. The van der Waals surface area contributed by atoms with Crippen molar-refractivity contribution in [2.75, 3.05) is 6.61 Å². The monoisotopic (exact) mass is 343 g/mol. The molecule has 0 unspecified atom stereocenters. The van der Waals surface area contributed by atoms with E-state index in [0.717, 1.165) is 41.4 Å². The molecule has 0 bridgehead atoms. The first-order valence-corrected chi connectivity index (χ1v) is 8.89. The average molecular weight is 343 g/mol. The summed E-state index contributed by atoms with van der Waals surface area (Å²) in [5, 5.41) is 0.909. The van der Waals surface area contributed by atoms with Gasteiger partial charge in [0.05, 0.1) is 12.7 Å². The van der Waals surface area contributed by atoms with Crippen molar-refractivity contribution in [3.8, 4) is 0 Å². The van der Waals surface area contributed by atoms with E-state index >= 15 is 0 Å². The summed E-state index contributed by atoms with van der Waals surface area (Å²) in [6.45, 7) is 5.90. The van der Waals surface area contributed by atoms with Crippen molar-refractivity contribution in [2.24, 2.45) is 0 Å². The summed E-state index contributed by atoms with van der Waals surface area (Å²) in [6.07, 6.45) is 4.84. The molecule has 0 spiro atoms. The lowest BCUT2D eigenvalue weighted by molar-refractivity contribution is -0.154. The second-order valence-electron chi connectivity index (χ2n) is 7.03. The molecule has 134 valence electrons. The Hall–Kier alpha value is -2.30. The van der Waals surface area contributed by atoms with Crippen molar-refractivity contribution in [3.63, 3.8) is 0 Å². The van der Waals surface area contributed by atoms with Crippen molar-refractivity contribution in [3.05, 3.63) is 35.6 Å². The molecule has 0 aliphatic carbocycles. The minimum absolute atomic E-state index is 0.106. The number of nitrogens with zero attached hydrogens (tertiary/aromatic N) is 1. The topological polar surface area (TPSA) is 59.8 Å². The molecule has 5 heteroatoms. The van der Waals surface area contributed by atoms with Crippen LogP contribution in [0.3, 0.4) is 0 Å². The summed E-state index contributed by atoms with van der Waals surface area (Å²) >= 11 is 0. The normalized spacial score (nSPS) is 20.7. The third-order valence-electron chi connectivity index (χ3n) is 4.98. The van der Waals surface area contributed by atoms with E-state index in [4.69, 9.17) is 9.15 Å². The smallest absolute Gasteiger partial charge is 0.310 e. The van der Waals surface area contributed by atoms with Crippen LogP contribution in [0.2, 0.25) is 0 Å². The molecule has 0 N–H and O–H groups in total. The van der Waals surface area contributed by atoms with Crippen molar-refractivity contribution in [1.82, 2.24) is 4.90 Å². The summed E-state index contributed by atoms with van der Waals surface area (Å²) in [5.41, 5.74) is 2.65. The molecule has 0 radical (unpaired) electrons. The number of hydrogen-bond donors (Lipinski definition) is 0. The molecule has 1 amide bonds. The van der Waals surface area contributed by atoms with Gasteiger partial charge < -0.3 is 14.1 Å². The number of carbonyl (C=O) groups excluding carboxylic acids is 2. The SMILES string of the molecule is Cc1ccc2c(CC(=O)OCC(=O)N3[C@H](C)CCC[C@@H]3C)coc2c1. The van der Waals surface area contributed by atoms with Crippen LogP contribution < -0.4 is 0 Å². The Balaban J connectivity index is 1.58. The summed E-state index contributed by atoms with van der Waals surface area (Å²) in [7, 11) is 0. The first kappa shape index (κ1) is 17.5. The van der Waals surface area contributed by atoms with E-state index in [1.807, 2.05) is 30.0 Å². The highest BCUT2D eigenvalue weighted by Gasteiger charge is 2.29. The molecule has 1 aromatic heterocycles. The molecule has 2 heterocycles. The highest BCUT2D eigenvalue weighted by molar-refractivity contribution is 5.87. The molecular formula is C20H25NO4. The van der Waals surface area contributed by atoms with Crippen LogP contribution in [0.15, 0.2) is 28.9 Å². The second kappa shape index (κ2) is 7.30. The molecule has 2 aromatic rings. The zero-order valence-electron chi connectivity index (χ0n) is 15.1. The van der Waals surface area contributed by atoms with Gasteiger partial charge in [0.25, 0.3) is 5.91 Å². The molecule has 2 atom stereocenters. The number of ether oxygens (including phenoxy) is 1.